The lowest BCUT2D eigenvalue weighted by atomic mass is 9.67. The predicted molar refractivity (Wildman–Crippen MR) is 92.7 cm³/mol. The fraction of sp³-hybridized carbons (Fsp3) is 1.00. The van der Waals surface area contributed by atoms with Crippen molar-refractivity contribution in [3.8, 4) is 0 Å². The number of hydrogen-bond acceptors (Lipinski definition) is 2. The summed E-state index contributed by atoms with van der Waals surface area (Å²) in [5, 5.41) is 3.79. The zero-order valence-corrected chi connectivity index (χ0v) is 15.0. The lowest BCUT2D eigenvalue weighted by molar-refractivity contribution is 0.0885. The number of hydrogen-bond donors (Lipinski definition) is 1. The van der Waals surface area contributed by atoms with Crippen molar-refractivity contribution in [1.29, 1.82) is 0 Å². The minimum atomic E-state index is 0.480. The molecule has 0 radical (unpaired) electrons. The Morgan fingerprint density at radius 1 is 1.00 bits per heavy atom. The molecule has 1 saturated heterocycles. The largest absolute Gasteiger partial charge is 0.314 e. The monoisotopic (exact) mass is 294 g/mol. The van der Waals surface area contributed by atoms with E-state index in [1.54, 1.807) is 0 Å². The number of rotatable bonds is 4. The van der Waals surface area contributed by atoms with E-state index in [-0.39, 0.29) is 0 Å². The Morgan fingerprint density at radius 2 is 1.67 bits per heavy atom. The fourth-order valence-corrected chi connectivity index (χ4v) is 4.43. The molecule has 0 amide bonds. The van der Waals surface area contributed by atoms with Crippen LogP contribution in [0.3, 0.4) is 0 Å². The molecular formula is C19H38N2. The first-order valence-electron chi connectivity index (χ1n) is 9.46. The van der Waals surface area contributed by atoms with E-state index in [0.29, 0.717) is 5.41 Å². The Morgan fingerprint density at radius 3 is 2.24 bits per heavy atom. The van der Waals surface area contributed by atoms with Crippen LogP contribution in [0.2, 0.25) is 0 Å². The van der Waals surface area contributed by atoms with Crippen molar-refractivity contribution in [3.63, 3.8) is 0 Å². The first-order chi connectivity index (χ1) is 10.0. The summed E-state index contributed by atoms with van der Waals surface area (Å²) in [6.45, 7) is 14.7. The van der Waals surface area contributed by atoms with Gasteiger partial charge in [-0.25, -0.2) is 0 Å². The summed E-state index contributed by atoms with van der Waals surface area (Å²) in [5.74, 6) is 1.77. The maximum atomic E-state index is 3.79. The van der Waals surface area contributed by atoms with E-state index >= 15 is 0 Å². The zero-order chi connectivity index (χ0) is 15.3. The van der Waals surface area contributed by atoms with Gasteiger partial charge < -0.3 is 10.2 Å². The van der Waals surface area contributed by atoms with Gasteiger partial charge in [-0.15, -0.1) is 0 Å². The molecule has 0 bridgehead atoms. The fourth-order valence-electron chi connectivity index (χ4n) is 4.43. The van der Waals surface area contributed by atoms with E-state index in [0.717, 1.165) is 24.4 Å². The minimum absolute atomic E-state index is 0.480. The van der Waals surface area contributed by atoms with Gasteiger partial charge in [-0.2, -0.15) is 0 Å². The lowest BCUT2D eigenvalue weighted by Gasteiger charge is -2.43. The van der Waals surface area contributed by atoms with Gasteiger partial charge in [0.1, 0.15) is 0 Å². The van der Waals surface area contributed by atoms with Crippen molar-refractivity contribution in [2.45, 2.75) is 78.7 Å². The van der Waals surface area contributed by atoms with Gasteiger partial charge in [-0.1, -0.05) is 40.5 Å². The van der Waals surface area contributed by atoms with Crippen LogP contribution in [0.15, 0.2) is 0 Å². The standard InChI is InChI=1S/C19H38N2/c1-5-20-18-11-10-17(19(2,3)4)14-16(18)15-21-12-8-6-7-9-13-21/h16-18,20H,5-15H2,1-4H3. The Balaban J connectivity index is 1.95. The van der Waals surface area contributed by atoms with Crippen molar-refractivity contribution in [1.82, 2.24) is 10.2 Å². The maximum absolute atomic E-state index is 3.79. The second-order valence-corrected chi connectivity index (χ2v) is 8.52. The summed E-state index contributed by atoms with van der Waals surface area (Å²) in [6, 6.07) is 0.761. The molecule has 3 atom stereocenters. The SMILES string of the molecule is CCNC1CCC(C(C)(C)C)CC1CN1CCCCCC1. The van der Waals surface area contributed by atoms with Crippen molar-refractivity contribution in [2.24, 2.45) is 17.3 Å². The highest BCUT2D eigenvalue weighted by Crippen LogP contribution is 2.40. The van der Waals surface area contributed by atoms with Gasteiger partial charge in [0, 0.05) is 12.6 Å². The van der Waals surface area contributed by atoms with E-state index < -0.39 is 0 Å². The molecule has 1 aliphatic heterocycles. The topological polar surface area (TPSA) is 15.3 Å². The normalized spacial score (nSPS) is 32.9. The lowest BCUT2D eigenvalue weighted by Crippen LogP contribution is -2.47. The van der Waals surface area contributed by atoms with Crippen molar-refractivity contribution in [2.75, 3.05) is 26.2 Å². The van der Waals surface area contributed by atoms with E-state index in [9.17, 15) is 0 Å². The molecule has 3 unspecified atom stereocenters. The second-order valence-electron chi connectivity index (χ2n) is 8.52. The molecule has 21 heavy (non-hydrogen) atoms. The summed E-state index contributed by atoms with van der Waals surface area (Å²) >= 11 is 0. The van der Waals surface area contributed by atoms with Crippen LogP contribution in [-0.2, 0) is 0 Å². The Kier molecular flexibility index (Phi) is 6.55. The van der Waals surface area contributed by atoms with E-state index in [1.807, 2.05) is 0 Å². The van der Waals surface area contributed by atoms with E-state index in [4.69, 9.17) is 0 Å². The number of likely N-dealkylation sites (tertiary alicyclic amines) is 1. The van der Waals surface area contributed by atoms with Gasteiger partial charge in [0.25, 0.3) is 0 Å². The molecule has 1 N–H and O–H groups in total. The molecule has 1 heterocycles. The third-order valence-corrected chi connectivity index (χ3v) is 5.86. The molecule has 0 aromatic rings. The van der Waals surface area contributed by atoms with Gasteiger partial charge in [0.05, 0.1) is 0 Å². The average molecular weight is 295 g/mol. The van der Waals surface area contributed by atoms with Crippen LogP contribution in [0.5, 0.6) is 0 Å². The van der Waals surface area contributed by atoms with Crippen LogP contribution in [0.1, 0.15) is 72.6 Å². The Labute approximate surface area is 133 Å². The molecule has 0 aromatic heterocycles. The summed E-state index contributed by atoms with van der Waals surface area (Å²) < 4.78 is 0. The first kappa shape index (κ1) is 17.3. The molecule has 124 valence electrons. The summed E-state index contributed by atoms with van der Waals surface area (Å²) in [7, 11) is 0. The predicted octanol–water partition coefficient (Wildman–Crippen LogP) is 4.30. The van der Waals surface area contributed by atoms with Crippen molar-refractivity contribution >= 4 is 0 Å². The van der Waals surface area contributed by atoms with E-state index in [1.165, 1.54) is 64.6 Å². The van der Waals surface area contributed by atoms with Crippen LogP contribution in [0.4, 0.5) is 0 Å². The maximum Gasteiger partial charge on any atom is 0.0108 e. The molecular weight excluding hydrogens is 256 g/mol. The second kappa shape index (κ2) is 7.97. The summed E-state index contributed by atoms with van der Waals surface area (Å²) in [5.41, 5.74) is 0.480. The van der Waals surface area contributed by atoms with Crippen LogP contribution >= 0.6 is 0 Å². The zero-order valence-electron chi connectivity index (χ0n) is 15.0. The third kappa shape index (κ3) is 5.25. The van der Waals surface area contributed by atoms with Crippen LogP contribution < -0.4 is 5.32 Å². The smallest absolute Gasteiger partial charge is 0.0108 e. The Bertz CT molecular complexity index is 286. The molecule has 2 rings (SSSR count). The van der Waals surface area contributed by atoms with Crippen molar-refractivity contribution < 1.29 is 0 Å². The molecule has 2 heteroatoms. The molecule has 1 saturated carbocycles. The van der Waals surface area contributed by atoms with Gasteiger partial charge in [-0.3, -0.25) is 0 Å². The molecule has 0 spiro atoms. The third-order valence-electron chi connectivity index (χ3n) is 5.86. The highest BCUT2D eigenvalue weighted by atomic mass is 15.1. The van der Waals surface area contributed by atoms with Gasteiger partial charge >= 0.3 is 0 Å². The Hall–Kier alpha value is -0.0800. The molecule has 2 nitrogen and oxygen atoms in total. The number of nitrogens with zero attached hydrogens (tertiary/aromatic N) is 1. The molecule has 1 aliphatic carbocycles. The highest BCUT2D eigenvalue weighted by molar-refractivity contribution is 4.90. The van der Waals surface area contributed by atoms with Crippen molar-refractivity contribution in [3.05, 3.63) is 0 Å². The first-order valence-corrected chi connectivity index (χ1v) is 9.46. The van der Waals surface area contributed by atoms with Crippen LogP contribution in [0, 0.1) is 17.3 Å². The quantitative estimate of drug-likeness (QED) is 0.831. The van der Waals surface area contributed by atoms with Gasteiger partial charge in [0.15, 0.2) is 0 Å². The average Bonchev–Trinajstić information content (AvgIpc) is 2.68. The summed E-state index contributed by atoms with van der Waals surface area (Å²) in [4.78, 5) is 2.77. The van der Waals surface area contributed by atoms with Crippen LogP contribution in [-0.4, -0.2) is 37.1 Å². The van der Waals surface area contributed by atoms with Gasteiger partial charge in [-0.05, 0) is 69.0 Å². The number of nitrogens with one attached hydrogen (secondary N) is 1. The summed E-state index contributed by atoms with van der Waals surface area (Å²) in [6.07, 6.45) is 9.96. The molecule has 0 aromatic carbocycles. The highest BCUT2D eigenvalue weighted by Gasteiger charge is 2.36. The molecule has 2 aliphatic rings. The van der Waals surface area contributed by atoms with Gasteiger partial charge in [0.2, 0.25) is 0 Å². The van der Waals surface area contributed by atoms with Crippen LogP contribution in [0.25, 0.3) is 0 Å². The van der Waals surface area contributed by atoms with E-state index in [2.05, 4.69) is 37.9 Å². The molecule has 2 fully saturated rings. The minimum Gasteiger partial charge on any atom is -0.314 e.